The maximum absolute atomic E-state index is 12.6. The molecule has 0 amide bonds. The molecule has 2 saturated heterocycles. The lowest BCUT2D eigenvalue weighted by Gasteiger charge is -2.25. The quantitative estimate of drug-likeness (QED) is 0.537. The third-order valence-electron chi connectivity index (χ3n) is 2.85. The molecule has 0 bridgehead atoms. The number of rotatable bonds is 7. The van der Waals surface area contributed by atoms with E-state index in [9.17, 15) is 5.11 Å². The summed E-state index contributed by atoms with van der Waals surface area (Å²) in [5.41, 5.74) is 0.464. The molecule has 0 N–H and O–H groups in total. The first-order valence-corrected chi connectivity index (χ1v) is 6.03. The molecular formula is C13H15O5. The molecule has 1 radical (unpaired) electrons. The predicted molar refractivity (Wildman–Crippen MR) is 60.2 cm³/mol. The second-order valence-electron chi connectivity index (χ2n) is 4.45. The summed E-state index contributed by atoms with van der Waals surface area (Å²) in [6.45, 7) is 1.81. The number of ether oxygens (including phenoxy) is 4. The monoisotopic (exact) mass is 251 g/mol. The molecule has 1 aromatic rings. The molecule has 0 aromatic heterocycles. The van der Waals surface area contributed by atoms with Crippen LogP contribution in [0.3, 0.4) is 0 Å². The van der Waals surface area contributed by atoms with Crippen LogP contribution in [0.25, 0.3) is 0 Å². The molecule has 0 aliphatic carbocycles. The van der Waals surface area contributed by atoms with Crippen LogP contribution >= 0.6 is 0 Å². The lowest BCUT2D eigenvalue weighted by molar-refractivity contribution is -0.402. The first-order valence-electron chi connectivity index (χ1n) is 6.03. The summed E-state index contributed by atoms with van der Waals surface area (Å²) in [5.74, 6) is -1.97. The van der Waals surface area contributed by atoms with Crippen molar-refractivity contribution in [3.05, 3.63) is 35.9 Å². The van der Waals surface area contributed by atoms with Crippen molar-refractivity contribution in [2.45, 2.75) is 18.2 Å². The van der Waals surface area contributed by atoms with Crippen molar-refractivity contribution in [3.63, 3.8) is 0 Å². The Morgan fingerprint density at radius 2 is 1.56 bits per heavy atom. The van der Waals surface area contributed by atoms with Crippen LogP contribution < -0.4 is 0 Å². The van der Waals surface area contributed by atoms with Gasteiger partial charge in [-0.1, -0.05) is 30.3 Å². The molecule has 2 aliphatic rings. The van der Waals surface area contributed by atoms with Crippen LogP contribution in [0, 0.1) is 0 Å². The minimum Gasteiger partial charge on any atom is -0.371 e. The lowest BCUT2D eigenvalue weighted by Crippen LogP contribution is -2.34. The molecule has 2 unspecified atom stereocenters. The van der Waals surface area contributed by atoms with Crippen molar-refractivity contribution >= 4 is 0 Å². The molecule has 0 saturated carbocycles. The lowest BCUT2D eigenvalue weighted by atomic mass is 10.2. The smallest absolute Gasteiger partial charge is 0.340 e. The molecule has 2 atom stereocenters. The summed E-state index contributed by atoms with van der Waals surface area (Å²) in [7, 11) is 0. The van der Waals surface area contributed by atoms with E-state index < -0.39 is 5.97 Å². The van der Waals surface area contributed by atoms with E-state index in [0.29, 0.717) is 18.8 Å². The van der Waals surface area contributed by atoms with Crippen LogP contribution in [0.2, 0.25) is 0 Å². The molecule has 3 rings (SSSR count). The van der Waals surface area contributed by atoms with E-state index in [-0.39, 0.29) is 25.4 Å². The molecule has 97 valence electrons. The highest BCUT2D eigenvalue weighted by molar-refractivity contribution is 5.18. The molecule has 5 heteroatoms. The predicted octanol–water partition coefficient (Wildman–Crippen LogP) is 1.06. The van der Waals surface area contributed by atoms with E-state index in [1.54, 1.807) is 24.3 Å². The van der Waals surface area contributed by atoms with Gasteiger partial charge < -0.3 is 18.9 Å². The zero-order chi connectivity index (χ0) is 12.4. The minimum absolute atomic E-state index is 0.0304. The minimum atomic E-state index is -1.97. The van der Waals surface area contributed by atoms with Crippen LogP contribution in [0.15, 0.2) is 30.3 Å². The van der Waals surface area contributed by atoms with E-state index in [1.807, 2.05) is 6.07 Å². The van der Waals surface area contributed by atoms with Crippen molar-refractivity contribution in [1.29, 1.82) is 0 Å². The molecule has 0 spiro atoms. The Labute approximate surface area is 105 Å². The number of epoxide rings is 2. The van der Waals surface area contributed by atoms with Crippen molar-refractivity contribution < 1.29 is 24.1 Å². The summed E-state index contributed by atoms with van der Waals surface area (Å²) in [4.78, 5) is 0. The second kappa shape index (κ2) is 4.95. The van der Waals surface area contributed by atoms with Crippen molar-refractivity contribution in [2.75, 3.05) is 26.4 Å². The van der Waals surface area contributed by atoms with Gasteiger partial charge in [-0.05, 0) is 0 Å². The zero-order valence-electron chi connectivity index (χ0n) is 9.91. The number of hydrogen-bond donors (Lipinski definition) is 0. The van der Waals surface area contributed by atoms with E-state index >= 15 is 0 Å². The normalized spacial score (nSPS) is 28.7. The van der Waals surface area contributed by atoms with E-state index in [0.717, 1.165) is 0 Å². The topological polar surface area (TPSA) is 63.4 Å². The Balaban J connectivity index is 1.67. The van der Waals surface area contributed by atoms with E-state index in [1.165, 1.54) is 0 Å². The largest absolute Gasteiger partial charge is 0.371 e. The van der Waals surface area contributed by atoms with Crippen LogP contribution in [0.5, 0.6) is 0 Å². The number of benzene rings is 1. The Morgan fingerprint density at radius 1 is 1.06 bits per heavy atom. The first kappa shape index (κ1) is 12.1. The molecule has 1 aromatic carbocycles. The highest BCUT2D eigenvalue weighted by Crippen LogP contribution is 2.28. The summed E-state index contributed by atoms with van der Waals surface area (Å²) < 4.78 is 20.8. The van der Waals surface area contributed by atoms with Crippen molar-refractivity contribution in [1.82, 2.24) is 0 Å². The van der Waals surface area contributed by atoms with Crippen LogP contribution in [-0.2, 0) is 30.0 Å². The SMILES string of the molecule is [O]C(OCC1CO1)(OCC1CO1)c1ccccc1. The third kappa shape index (κ3) is 3.07. The van der Waals surface area contributed by atoms with Gasteiger partial charge >= 0.3 is 5.97 Å². The first-order chi connectivity index (χ1) is 8.76. The van der Waals surface area contributed by atoms with Gasteiger partial charge in [0.25, 0.3) is 0 Å². The standard InChI is InChI=1S/C13H15O5/c14-13(17-8-11-6-15-11,18-9-12-7-16-12)10-4-2-1-3-5-10/h1-5,11-12H,6-9H2. The average Bonchev–Trinajstić information content (AvgIpc) is 3.30. The van der Waals surface area contributed by atoms with Crippen molar-refractivity contribution in [2.24, 2.45) is 0 Å². The van der Waals surface area contributed by atoms with Gasteiger partial charge in [0.05, 0.1) is 26.4 Å². The highest BCUT2D eigenvalue weighted by atomic mass is 16.8. The van der Waals surface area contributed by atoms with Gasteiger partial charge in [0.2, 0.25) is 0 Å². The summed E-state index contributed by atoms with van der Waals surface area (Å²) in [6, 6.07) is 8.83. The third-order valence-corrected chi connectivity index (χ3v) is 2.85. The van der Waals surface area contributed by atoms with Gasteiger partial charge in [-0.3, -0.25) is 0 Å². The summed E-state index contributed by atoms with van der Waals surface area (Å²) in [6.07, 6.45) is 0.0608. The van der Waals surface area contributed by atoms with Gasteiger partial charge in [-0.2, -0.15) is 5.11 Å². The zero-order valence-corrected chi connectivity index (χ0v) is 9.91. The summed E-state index contributed by atoms with van der Waals surface area (Å²) >= 11 is 0. The van der Waals surface area contributed by atoms with Gasteiger partial charge in [0.1, 0.15) is 12.2 Å². The van der Waals surface area contributed by atoms with Crippen molar-refractivity contribution in [3.8, 4) is 0 Å². The van der Waals surface area contributed by atoms with Gasteiger partial charge in [-0.25, -0.2) is 0 Å². The Kier molecular flexibility index (Phi) is 3.32. The van der Waals surface area contributed by atoms with Gasteiger partial charge in [0, 0.05) is 5.56 Å². The molecule has 5 nitrogen and oxygen atoms in total. The fourth-order valence-electron chi connectivity index (χ4n) is 1.58. The summed E-state index contributed by atoms with van der Waals surface area (Å²) in [5, 5.41) is 12.6. The van der Waals surface area contributed by atoms with E-state index in [2.05, 4.69) is 0 Å². The van der Waals surface area contributed by atoms with E-state index in [4.69, 9.17) is 18.9 Å². The Hall–Kier alpha value is -0.980. The number of hydrogen-bond acceptors (Lipinski definition) is 4. The average molecular weight is 251 g/mol. The molecule has 2 fully saturated rings. The van der Waals surface area contributed by atoms with Gasteiger partial charge in [-0.15, -0.1) is 0 Å². The second-order valence-corrected chi connectivity index (χ2v) is 4.45. The fourth-order valence-corrected chi connectivity index (χ4v) is 1.58. The Morgan fingerprint density at radius 3 is 2.00 bits per heavy atom. The van der Waals surface area contributed by atoms with Crippen LogP contribution in [0.1, 0.15) is 5.56 Å². The molecule has 18 heavy (non-hydrogen) atoms. The maximum Gasteiger partial charge on any atom is 0.340 e. The fraction of sp³-hybridized carbons (Fsp3) is 0.538. The Bertz CT molecular complexity index is 370. The molecule has 2 aliphatic heterocycles. The van der Waals surface area contributed by atoms with Crippen LogP contribution in [-0.4, -0.2) is 38.6 Å². The van der Waals surface area contributed by atoms with Crippen LogP contribution in [0.4, 0.5) is 0 Å². The maximum atomic E-state index is 12.6. The molecule has 2 heterocycles. The highest BCUT2D eigenvalue weighted by Gasteiger charge is 2.39. The van der Waals surface area contributed by atoms with Gasteiger partial charge in [0.15, 0.2) is 0 Å². The molecular weight excluding hydrogens is 236 g/mol.